The summed E-state index contributed by atoms with van der Waals surface area (Å²) in [7, 11) is -3.66. The molecule has 1 heterocycles. The van der Waals surface area contributed by atoms with Crippen LogP contribution in [-0.4, -0.2) is 31.7 Å². The maximum absolute atomic E-state index is 12.5. The van der Waals surface area contributed by atoms with Gasteiger partial charge in [-0.25, -0.2) is 8.42 Å². The fourth-order valence-electron chi connectivity index (χ4n) is 2.48. The fraction of sp³-hybridized carbons (Fsp3) is 0.412. The third kappa shape index (κ3) is 4.44. The smallest absolute Gasteiger partial charge is 0.263 e. The van der Waals surface area contributed by atoms with Crippen LogP contribution in [0.1, 0.15) is 32.3 Å². The van der Waals surface area contributed by atoms with Crippen LogP contribution >= 0.6 is 0 Å². The van der Waals surface area contributed by atoms with E-state index in [9.17, 15) is 8.42 Å². The summed E-state index contributed by atoms with van der Waals surface area (Å²) < 4.78 is 27.4. The number of benzene rings is 1. The van der Waals surface area contributed by atoms with E-state index >= 15 is 0 Å². The Morgan fingerprint density at radius 1 is 1.00 bits per heavy atom. The van der Waals surface area contributed by atoms with Crippen LogP contribution in [0.25, 0.3) is 0 Å². The number of nitrogens with zero attached hydrogens (tertiary/aromatic N) is 3. The predicted molar refractivity (Wildman–Crippen MR) is 96.8 cm³/mol. The van der Waals surface area contributed by atoms with Gasteiger partial charge >= 0.3 is 0 Å². The maximum atomic E-state index is 12.5. The zero-order valence-electron chi connectivity index (χ0n) is 14.4. The molecule has 0 saturated carbocycles. The van der Waals surface area contributed by atoms with E-state index in [-0.39, 0.29) is 10.7 Å². The van der Waals surface area contributed by atoms with Crippen molar-refractivity contribution in [2.75, 3.05) is 22.7 Å². The van der Waals surface area contributed by atoms with Crippen molar-refractivity contribution >= 4 is 21.7 Å². The van der Waals surface area contributed by atoms with Crippen molar-refractivity contribution in [3.8, 4) is 0 Å². The quantitative estimate of drug-likeness (QED) is 0.793. The van der Waals surface area contributed by atoms with Crippen LogP contribution in [-0.2, 0) is 10.0 Å². The Balaban J connectivity index is 2.18. The molecule has 0 fully saturated rings. The van der Waals surface area contributed by atoms with Crippen molar-refractivity contribution in [1.82, 2.24) is 10.2 Å². The van der Waals surface area contributed by atoms with E-state index in [1.54, 1.807) is 43.3 Å². The molecule has 0 atom stereocenters. The van der Waals surface area contributed by atoms with Gasteiger partial charge in [0.05, 0.1) is 4.90 Å². The first-order chi connectivity index (χ1) is 11.5. The Morgan fingerprint density at radius 3 is 2.21 bits per heavy atom. The first-order valence-electron chi connectivity index (χ1n) is 8.15. The van der Waals surface area contributed by atoms with Crippen molar-refractivity contribution in [3.05, 3.63) is 42.0 Å². The van der Waals surface area contributed by atoms with Crippen LogP contribution in [0.3, 0.4) is 0 Å². The SMILES string of the molecule is CCCN(CCC)c1ccc(NS(=O)(=O)c2ccccc2C)nn1. The van der Waals surface area contributed by atoms with Gasteiger partial charge in [-0.2, -0.15) is 0 Å². The lowest BCUT2D eigenvalue weighted by Crippen LogP contribution is -2.26. The second-order valence-electron chi connectivity index (χ2n) is 5.63. The largest absolute Gasteiger partial charge is 0.355 e. The molecule has 7 heteroatoms. The van der Waals surface area contributed by atoms with Crippen molar-refractivity contribution in [2.45, 2.75) is 38.5 Å². The zero-order valence-corrected chi connectivity index (χ0v) is 15.2. The lowest BCUT2D eigenvalue weighted by Gasteiger charge is -2.21. The van der Waals surface area contributed by atoms with Crippen LogP contribution in [0.5, 0.6) is 0 Å². The minimum atomic E-state index is -3.66. The molecule has 2 aromatic rings. The second-order valence-corrected chi connectivity index (χ2v) is 7.29. The van der Waals surface area contributed by atoms with Gasteiger partial charge < -0.3 is 4.90 Å². The van der Waals surface area contributed by atoms with Crippen LogP contribution in [0.2, 0.25) is 0 Å². The monoisotopic (exact) mass is 348 g/mol. The predicted octanol–water partition coefficient (Wildman–Crippen LogP) is 3.21. The molecule has 0 saturated heterocycles. The second kappa shape index (κ2) is 8.10. The first-order valence-corrected chi connectivity index (χ1v) is 9.63. The normalized spacial score (nSPS) is 11.3. The van der Waals surface area contributed by atoms with E-state index in [1.807, 2.05) is 0 Å². The molecule has 1 N–H and O–H groups in total. The van der Waals surface area contributed by atoms with Gasteiger partial charge in [-0.3, -0.25) is 4.72 Å². The summed E-state index contributed by atoms with van der Waals surface area (Å²) in [5, 5.41) is 8.19. The van der Waals surface area contributed by atoms with Gasteiger partial charge in [0.1, 0.15) is 0 Å². The Kier molecular flexibility index (Phi) is 6.14. The number of nitrogens with one attached hydrogen (secondary N) is 1. The van der Waals surface area contributed by atoms with Gasteiger partial charge in [-0.1, -0.05) is 32.0 Å². The fourth-order valence-corrected chi connectivity index (χ4v) is 3.72. The van der Waals surface area contributed by atoms with Crippen LogP contribution in [0.4, 0.5) is 11.6 Å². The van der Waals surface area contributed by atoms with E-state index in [4.69, 9.17) is 0 Å². The number of anilines is 2. The molecule has 1 aromatic heterocycles. The summed E-state index contributed by atoms with van der Waals surface area (Å²) in [4.78, 5) is 2.39. The highest BCUT2D eigenvalue weighted by Crippen LogP contribution is 2.19. The number of sulfonamides is 1. The van der Waals surface area contributed by atoms with E-state index < -0.39 is 10.0 Å². The third-order valence-electron chi connectivity index (χ3n) is 3.58. The lowest BCUT2D eigenvalue weighted by atomic mass is 10.2. The van der Waals surface area contributed by atoms with Crippen LogP contribution in [0.15, 0.2) is 41.3 Å². The van der Waals surface area contributed by atoms with Gasteiger partial charge in [0.2, 0.25) is 0 Å². The van der Waals surface area contributed by atoms with Gasteiger partial charge in [0.25, 0.3) is 10.0 Å². The molecule has 130 valence electrons. The van der Waals surface area contributed by atoms with Gasteiger partial charge in [0, 0.05) is 13.1 Å². The van der Waals surface area contributed by atoms with Crippen LogP contribution < -0.4 is 9.62 Å². The Morgan fingerprint density at radius 2 is 1.67 bits per heavy atom. The number of aromatic nitrogens is 2. The van der Waals surface area contributed by atoms with E-state index in [0.717, 1.165) is 31.7 Å². The summed E-state index contributed by atoms with van der Waals surface area (Å²) in [5.41, 5.74) is 0.687. The maximum Gasteiger partial charge on any atom is 0.263 e. The van der Waals surface area contributed by atoms with Crippen molar-refractivity contribution in [1.29, 1.82) is 0 Å². The van der Waals surface area contributed by atoms with Crippen molar-refractivity contribution in [3.63, 3.8) is 0 Å². The molecule has 0 bridgehead atoms. The molecule has 2 rings (SSSR count). The summed E-state index contributed by atoms with van der Waals surface area (Å²) in [6, 6.07) is 10.3. The molecular weight excluding hydrogens is 324 g/mol. The molecule has 0 amide bonds. The van der Waals surface area contributed by atoms with E-state index in [2.05, 4.69) is 33.7 Å². The minimum Gasteiger partial charge on any atom is -0.355 e. The summed E-state index contributed by atoms with van der Waals surface area (Å²) >= 11 is 0. The molecule has 6 nitrogen and oxygen atoms in total. The van der Waals surface area contributed by atoms with Gasteiger partial charge in [-0.05, 0) is 43.5 Å². The highest BCUT2D eigenvalue weighted by Gasteiger charge is 2.17. The molecule has 24 heavy (non-hydrogen) atoms. The number of hydrogen-bond donors (Lipinski definition) is 1. The van der Waals surface area contributed by atoms with E-state index in [1.165, 1.54) is 0 Å². The molecule has 0 radical (unpaired) electrons. The average Bonchev–Trinajstić information content (AvgIpc) is 2.55. The van der Waals surface area contributed by atoms with Crippen molar-refractivity contribution < 1.29 is 8.42 Å². The van der Waals surface area contributed by atoms with Crippen molar-refractivity contribution in [2.24, 2.45) is 0 Å². The van der Waals surface area contributed by atoms with Crippen LogP contribution in [0, 0.1) is 6.92 Å². The standard InChI is InChI=1S/C17H24N4O2S/c1-4-12-21(13-5-2)17-11-10-16(18-19-17)20-24(22,23)15-9-7-6-8-14(15)3/h6-11H,4-5,12-13H2,1-3H3,(H,18,20). The summed E-state index contributed by atoms with van der Waals surface area (Å²) in [6.07, 6.45) is 2.03. The molecule has 0 aliphatic carbocycles. The number of hydrogen-bond acceptors (Lipinski definition) is 5. The molecule has 0 unspecified atom stereocenters. The molecule has 0 spiro atoms. The highest BCUT2D eigenvalue weighted by molar-refractivity contribution is 7.92. The lowest BCUT2D eigenvalue weighted by molar-refractivity contribution is 0.600. The third-order valence-corrected chi connectivity index (χ3v) is 5.10. The molecule has 0 aliphatic rings. The Labute approximate surface area is 144 Å². The zero-order chi connectivity index (χ0) is 17.6. The minimum absolute atomic E-state index is 0.218. The number of aryl methyl sites for hydroxylation is 1. The topological polar surface area (TPSA) is 75.2 Å². The van der Waals surface area contributed by atoms with Gasteiger partial charge in [-0.15, -0.1) is 10.2 Å². The van der Waals surface area contributed by atoms with E-state index in [0.29, 0.717) is 5.56 Å². The molecular formula is C17H24N4O2S. The Hall–Kier alpha value is -2.15. The first kappa shape index (κ1) is 18.2. The average molecular weight is 348 g/mol. The molecule has 0 aliphatic heterocycles. The number of rotatable bonds is 8. The summed E-state index contributed by atoms with van der Waals surface area (Å²) in [6.45, 7) is 7.78. The highest BCUT2D eigenvalue weighted by atomic mass is 32.2. The molecule has 1 aromatic carbocycles. The summed E-state index contributed by atoms with van der Waals surface area (Å²) in [5.74, 6) is 0.979. The Bertz CT molecular complexity index is 754. The van der Waals surface area contributed by atoms with Gasteiger partial charge in [0.15, 0.2) is 11.6 Å².